The van der Waals surface area contributed by atoms with Crippen molar-refractivity contribution in [3.63, 3.8) is 0 Å². The summed E-state index contributed by atoms with van der Waals surface area (Å²) in [5, 5.41) is 1.28. The molecule has 66 valence electrons. The zero-order chi connectivity index (χ0) is 8.84. The second-order valence-electron chi connectivity index (χ2n) is 3.49. The van der Waals surface area contributed by atoms with Crippen molar-refractivity contribution in [1.82, 2.24) is 0 Å². The van der Waals surface area contributed by atoms with Crippen molar-refractivity contribution in [2.24, 2.45) is 0 Å². The molecule has 13 heavy (non-hydrogen) atoms. The molecule has 2 heterocycles. The van der Waals surface area contributed by atoms with E-state index >= 15 is 0 Å². The van der Waals surface area contributed by atoms with Crippen LogP contribution in [0.25, 0.3) is 10.2 Å². The minimum absolute atomic E-state index is 0.924. The van der Waals surface area contributed by atoms with Crippen molar-refractivity contribution >= 4 is 27.2 Å². The number of rotatable bonds is 0. The molecule has 0 amide bonds. The number of nitrogens with two attached hydrogens (primary N) is 1. The molecule has 0 saturated carbocycles. The van der Waals surface area contributed by atoms with Crippen LogP contribution in [-0.4, -0.2) is 0 Å². The molecule has 2 aromatic rings. The highest BCUT2D eigenvalue weighted by atomic mass is 32.1. The van der Waals surface area contributed by atoms with E-state index in [-0.39, 0.29) is 0 Å². The van der Waals surface area contributed by atoms with Crippen LogP contribution in [0.5, 0.6) is 0 Å². The van der Waals surface area contributed by atoms with Gasteiger partial charge in [-0.15, -0.1) is 0 Å². The molecule has 0 aliphatic heterocycles. The van der Waals surface area contributed by atoms with E-state index in [9.17, 15) is 0 Å². The molecule has 0 radical (unpaired) electrons. The van der Waals surface area contributed by atoms with E-state index in [1.54, 1.807) is 0 Å². The summed E-state index contributed by atoms with van der Waals surface area (Å²) < 4.78 is 0. The third kappa shape index (κ3) is 0.907. The number of hydrogen-bond donors (Lipinski definition) is 1. The van der Waals surface area contributed by atoms with Gasteiger partial charge >= 0.3 is 0 Å². The van der Waals surface area contributed by atoms with Gasteiger partial charge < -0.3 is 5.73 Å². The number of aromatic amines is 1. The third-order valence-corrected chi connectivity index (χ3v) is 3.91. The number of H-pyrrole nitrogens is 1. The van der Waals surface area contributed by atoms with Crippen LogP contribution in [-0.2, 0) is 12.8 Å². The van der Waals surface area contributed by atoms with E-state index in [1.807, 2.05) is 23.6 Å². The Bertz CT molecular complexity index is 473. The monoisotopic (exact) mass is 191 g/mol. The SMILES string of the molecule is Nc1cc[nH+]c2sc3c(c12)CCC3. The zero-order valence-electron chi connectivity index (χ0n) is 7.26. The van der Waals surface area contributed by atoms with Gasteiger partial charge in [0.25, 0.3) is 4.83 Å². The van der Waals surface area contributed by atoms with Crippen molar-refractivity contribution in [2.45, 2.75) is 19.3 Å². The topological polar surface area (TPSA) is 40.2 Å². The van der Waals surface area contributed by atoms with Gasteiger partial charge in [-0.1, -0.05) is 11.3 Å². The molecule has 0 spiro atoms. The fourth-order valence-corrected chi connectivity index (χ4v) is 3.39. The van der Waals surface area contributed by atoms with Crippen LogP contribution in [0.15, 0.2) is 12.3 Å². The zero-order valence-corrected chi connectivity index (χ0v) is 8.08. The summed E-state index contributed by atoms with van der Waals surface area (Å²) in [4.78, 5) is 6.03. The average molecular weight is 191 g/mol. The highest BCUT2D eigenvalue weighted by Gasteiger charge is 2.21. The van der Waals surface area contributed by atoms with E-state index in [2.05, 4.69) is 4.98 Å². The maximum absolute atomic E-state index is 5.96. The number of anilines is 1. The van der Waals surface area contributed by atoms with Gasteiger partial charge in [-0.3, -0.25) is 0 Å². The lowest BCUT2D eigenvalue weighted by molar-refractivity contribution is -0.341. The first kappa shape index (κ1) is 7.33. The quantitative estimate of drug-likeness (QED) is 0.677. The maximum Gasteiger partial charge on any atom is 0.269 e. The standard InChI is InChI=1S/C10H10N2S/c11-7-4-5-12-10-9(7)6-2-1-3-8(6)13-10/h4-5H,1-3H2,(H2,11,12)/p+1. The number of aryl methyl sites for hydroxylation is 2. The minimum Gasteiger partial charge on any atom is -0.398 e. The van der Waals surface area contributed by atoms with Gasteiger partial charge in [0.05, 0.1) is 11.1 Å². The van der Waals surface area contributed by atoms with Gasteiger partial charge in [-0.2, -0.15) is 0 Å². The molecule has 3 rings (SSSR count). The second-order valence-corrected chi connectivity index (χ2v) is 4.60. The number of nitrogen functional groups attached to an aromatic ring is 1. The molecule has 0 aromatic carbocycles. The molecule has 0 saturated heterocycles. The summed E-state index contributed by atoms with van der Waals surface area (Å²) in [6.45, 7) is 0. The smallest absolute Gasteiger partial charge is 0.269 e. The first-order valence-corrected chi connectivity index (χ1v) is 5.38. The van der Waals surface area contributed by atoms with Crippen molar-refractivity contribution in [2.75, 3.05) is 5.73 Å². The summed E-state index contributed by atoms with van der Waals surface area (Å²) in [5.41, 5.74) is 8.38. The Labute approximate surface area is 80.4 Å². The molecule has 3 heteroatoms. The number of hydrogen-bond acceptors (Lipinski definition) is 2. The predicted octanol–water partition coefficient (Wildman–Crippen LogP) is 1.79. The highest BCUT2D eigenvalue weighted by Crippen LogP contribution is 2.37. The van der Waals surface area contributed by atoms with E-state index in [1.165, 1.54) is 39.9 Å². The molecule has 2 nitrogen and oxygen atoms in total. The molecule has 0 bridgehead atoms. The van der Waals surface area contributed by atoms with Gasteiger partial charge in [0.2, 0.25) is 0 Å². The lowest BCUT2D eigenvalue weighted by Crippen LogP contribution is -2.01. The summed E-state index contributed by atoms with van der Waals surface area (Å²) in [7, 11) is 0. The van der Waals surface area contributed by atoms with E-state index in [0.29, 0.717) is 0 Å². The summed E-state index contributed by atoms with van der Waals surface area (Å²) >= 11 is 1.86. The van der Waals surface area contributed by atoms with Crippen LogP contribution >= 0.6 is 11.3 Å². The van der Waals surface area contributed by atoms with Gasteiger partial charge in [0.1, 0.15) is 0 Å². The van der Waals surface area contributed by atoms with Crippen molar-refractivity contribution in [3.8, 4) is 0 Å². The van der Waals surface area contributed by atoms with Crippen LogP contribution < -0.4 is 10.7 Å². The van der Waals surface area contributed by atoms with Crippen LogP contribution in [0.3, 0.4) is 0 Å². The molecule has 0 unspecified atom stereocenters. The molecular weight excluding hydrogens is 180 g/mol. The van der Waals surface area contributed by atoms with Gasteiger partial charge in [-0.05, 0) is 24.8 Å². The van der Waals surface area contributed by atoms with Gasteiger partial charge in [0, 0.05) is 10.9 Å². The Morgan fingerprint density at radius 1 is 1.38 bits per heavy atom. The number of aromatic nitrogens is 1. The Kier molecular flexibility index (Phi) is 1.38. The van der Waals surface area contributed by atoms with Gasteiger partial charge in [-0.25, -0.2) is 4.98 Å². The molecule has 3 N–H and O–H groups in total. The highest BCUT2D eigenvalue weighted by molar-refractivity contribution is 7.18. The number of thiophene rings is 1. The number of fused-ring (bicyclic) bond motifs is 3. The minimum atomic E-state index is 0.924. The van der Waals surface area contributed by atoms with E-state index in [0.717, 1.165) is 5.69 Å². The van der Waals surface area contributed by atoms with Crippen LogP contribution in [0.4, 0.5) is 5.69 Å². The Morgan fingerprint density at radius 3 is 3.23 bits per heavy atom. The van der Waals surface area contributed by atoms with E-state index in [4.69, 9.17) is 5.73 Å². The lowest BCUT2D eigenvalue weighted by atomic mass is 10.1. The average Bonchev–Trinajstić information content (AvgIpc) is 2.62. The van der Waals surface area contributed by atoms with Gasteiger partial charge in [0.15, 0.2) is 6.20 Å². The Hall–Kier alpha value is -1.09. The van der Waals surface area contributed by atoms with Crippen LogP contribution in [0.2, 0.25) is 0 Å². The van der Waals surface area contributed by atoms with E-state index < -0.39 is 0 Å². The summed E-state index contributed by atoms with van der Waals surface area (Å²) in [6.07, 6.45) is 5.66. The lowest BCUT2D eigenvalue weighted by Gasteiger charge is -1.93. The molecule has 1 aliphatic rings. The summed E-state index contributed by atoms with van der Waals surface area (Å²) in [6, 6.07) is 1.95. The fraction of sp³-hybridized carbons (Fsp3) is 0.300. The normalized spacial score (nSPS) is 15.1. The molecule has 2 aromatic heterocycles. The number of pyridine rings is 1. The maximum atomic E-state index is 5.96. The van der Waals surface area contributed by atoms with Crippen LogP contribution in [0.1, 0.15) is 16.9 Å². The second kappa shape index (κ2) is 2.45. The predicted molar refractivity (Wildman–Crippen MR) is 54.8 cm³/mol. The van der Waals surface area contributed by atoms with Crippen molar-refractivity contribution in [3.05, 3.63) is 22.7 Å². The van der Waals surface area contributed by atoms with Crippen LogP contribution in [0, 0.1) is 0 Å². The number of nitrogens with one attached hydrogen (secondary N) is 1. The van der Waals surface area contributed by atoms with Crippen molar-refractivity contribution in [1.29, 1.82) is 0 Å². The molecule has 0 fully saturated rings. The Balaban J connectivity index is 2.46. The molecular formula is C10H11N2S+. The molecule has 0 atom stereocenters. The Morgan fingerprint density at radius 2 is 2.31 bits per heavy atom. The van der Waals surface area contributed by atoms with Crippen molar-refractivity contribution < 1.29 is 4.98 Å². The fourth-order valence-electron chi connectivity index (χ4n) is 2.10. The first-order valence-electron chi connectivity index (χ1n) is 4.56. The first-order chi connectivity index (χ1) is 6.36. The summed E-state index contributed by atoms with van der Waals surface area (Å²) in [5.74, 6) is 0. The largest absolute Gasteiger partial charge is 0.398 e. The third-order valence-electron chi connectivity index (χ3n) is 2.69. The molecule has 1 aliphatic carbocycles.